The standard InChI is InChI=1S/C26H24N2O3/c29-24-12-11-20-25(30)22(18-7-2-1-3-8-18)17-31-26(20)21(24)16-28-14-5-4-10-23(28)19-9-6-13-27-15-19/h1-3,6-9,11-13,15,17,23,29H,4-5,10,14,16H2. The molecule has 1 unspecified atom stereocenters. The van der Waals surface area contributed by atoms with Gasteiger partial charge in [-0.25, -0.2) is 0 Å². The molecule has 0 bridgehead atoms. The van der Waals surface area contributed by atoms with Gasteiger partial charge in [-0.15, -0.1) is 0 Å². The van der Waals surface area contributed by atoms with Crippen molar-refractivity contribution in [1.29, 1.82) is 0 Å². The number of hydrogen-bond donors (Lipinski definition) is 1. The molecule has 1 N–H and O–H groups in total. The first-order valence-corrected chi connectivity index (χ1v) is 10.7. The van der Waals surface area contributed by atoms with Gasteiger partial charge < -0.3 is 9.52 Å². The van der Waals surface area contributed by atoms with Crippen molar-refractivity contribution in [2.24, 2.45) is 0 Å². The van der Waals surface area contributed by atoms with E-state index in [0.29, 0.717) is 28.6 Å². The molecule has 0 aliphatic carbocycles. The Kier molecular flexibility index (Phi) is 5.26. The van der Waals surface area contributed by atoms with Crippen molar-refractivity contribution in [1.82, 2.24) is 9.88 Å². The molecule has 0 saturated carbocycles. The first-order chi connectivity index (χ1) is 15.2. The number of rotatable bonds is 4. The van der Waals surface area contributed by atoms with Gasteiger partial charge in [-0.2, -0.15) is 0 Å². The van der Waals surface area contributed by atoms with E-state index < -0.39 is 0 Å². The van der Waals surface area contributed by atoms with E-state index in [4.69, 9.17) is 4.42 Å². The van der Waals surface area contributed by atoms with Crippen molar-refractivity contribution in [2.75, 3.05) is 6.54 Å². The van der Waals surface area contributed by atoms with Crippen molar-refractivity contribution in [2.45, 2.75) is 31.8 Å². The van der Waals surface area contributed by atoms with Crippen LogP contribution in [-0.4, -0.2) is 21.5 Å². The maximum absolute atomic E-state index is 13.2. The van der Waals surface area contributed by atoms with Gasteiger partial charge in [0.15, 0.2) is 0 Å². The van der Waals surface area contributed by atoms with E-state index in [0.717, 1.165) is 31.4 Å². The molecule has 1 saturated heterocycles. The molecule has 1 fully saturated rings. The Morgan fingerprint density at radius 1 is 1.06 bits per heavy atom. The predicted octanol–water partition coefficient (Wildman–Crippen LogP) is 5.29. The van der Waals surface area contributed by atoms with Gasteiger partial charge in [0, 0.05) is 25.0 Å². The van der Waals surface area contributed by atoms with Gasteiger partial charge in [0.05, 0.1) is 16.5 Å². The minimum atomic E-state index is -0.0869. The smallest absolute Gasteiger partial charge is 0.200 e. The Balaban J connectivity index is 1.56. The van der Waals surface area contributed by atoms with Crippen LogP contribution in [0.2, 0.25) is 0 Å². The first-order valence-electron chi connectivity index (χ1n) is 10.7. The monoisotopic (exact) mass is 412 g/mol. The summed E-state index contributed by atoms with van der Waals surface area (Å²) in [5.41, 5.74) is 3.55. The van der Waals surface area contributed by atoms with E-state index in [1.54, 1.807) is 18.3 Å². The Morgan fingerprint density at radius 2 is 1.94 bits per heavy atom. The van der Waals surface area contributed by atoms with E-state index in [1.165, 1.54) is 11.8 Å². The van der Waals surface area contributed by atoms with Crippen LogP contribution in [-0.2, 0) is 6.54 Å². The number of nitrogens with zero attached hydrogens (tertiary/aromatic N) is 2. The molecule has 1 aliphatic rings. The maximum atomic E-state index is 13.2. The second-order valence-electron chi connectivity index (χ2n) is 8.05. The minimum Gasteiger partial charge on any atom is -0.507 e. The number of phenols is 1. The number of aromatic hydroxyl groups is 1. The summed E-state index contributed by atoms with van der Waals surface area (Å²) in [5, 5.41) is 11.2. The summed E-state index contributed by atoms with van der Waals surface area (Å²) in [4.78, 5) is 19.8. The highest BCUT2D eigenvalue weighted by atomic mass is 16.3. The molecule has 1 aliphatic heterocycles. The third-order valence-corrected chi connectivity index (χ3v) is 6.15. The topological polar surface area (TPSA) is 66.6 Å². The van der Waals surface area contributed by atoms with Gasteiger partial charge in [-0.1, -0.05) is 42.8 Å². The lowest BCUT2D eigenvalue weighted by Gasteiger charge is -2.36. The quantitative estimate of drug-likeness (QED) is 0.493. The third-order valence-electron chi connectivity index (χ3n) is 6.15. The SMILES string of the molecule is O=c1c(-c2ccccc2)coc2c(CN3CCCCC3c3cccnc3)c(O)ccc12. The van der Waals surface area contributed by atoms with Crippen LogP contribution in [0.1, 0.15) is 36.4 Å². The fourth-order valence-electron chi connectivity index (χ4n) is 4.55. The van der Waals surface area contributed by atoms with E-state index in [1.807, 2.05) is 42.6 Å². The van der Waals surface area contributed by atoms with Crippen LogP contribution >= 0.6 is 0 Å². The normalized spacial score (nSPS) is 17.1. The Hall–Kier alpha value is -3.44. The number of benzene rings is 2. The molecule has 5 nitrogen and oxygen atoms in total. The van der Waals surface area contributed by atoms with Gasteiger partial charge in [-0.05, 0) is 48.7 Å². The van der Waals surface area contributed by atoms with E-state index in [-0.39, 0.29) is 17.2 Å². The Morgan fingerprint density at radius 3 is 2.74 bits per heavy atom. The van der Waals surface area contributed by atoms with Crippen molar-refractivity contribution in [3.63, 3.8) is 0 Å². The fourth-order valence-corrected chi connectivity index (χ4v) is 4.55. The Labute approximate surface area is 180 Å². The van der Waals surface area contributed by atoms with Crippen molar-refractivity contribution < 1.29 is 9.52 Å². The average Bonchev–Trinajstić information content (AvgIpc) is 2.82. The summed E-state index contributed by atoms with van der Waals surface area (Å²) >= 11 is 0. The van der Waals surface area contributed by atoms with Crippen LogP contribution in [0.3, 0.4) is 0 Å². The van der Waals surface area contributed by atoms with Gasteiger partial charge in [-0.3, -0.25) is 14.7 Å². The number of likely N-dealkylation sites (tertiary alicyclic amines) is 1. The number of piperidine rings is 1. The molecule has 0 spiro atoms. The Bertz CT molecular complexity index is 1250. The second kappa shape index (κ2) is 8.36. The van der Waals surface area contributed by atoms with Crippen LogP contribution in [0.25, 0.3) is 22.1 Å². The summed E-state index contributed by atoms with van der Waals surface area (Å²) in [7, 11) is 0. The van der Waals surface area contributed by atoms with E-state index in [9.17, 15) is 9.90 Å². The van der Waals surface area contributed by atoms with Gasteiger partial charge in [0.25, 0.3) is 0 Å². The fraction of sp³-hybridized carbons (Fsp3) is 0.231. The summed E-state index contributed by atoms with van der Waals surface area (Å²) in [6.45, 7) is 1.43. The molecule has 2 aromatic heterocycles. The third kappa shape index (κ3) is 3.73. The lowest BCUT2D eigenvalue weighted by molar-refractivity contribution is 0.139. The molecule has 2 aromatic carbocycles. The second-order valence-corrected chi connectivity index (χ2v) is 8.05. The van der Waals surface area contributed by atoms with Crippen molar-refractivity contribution in [3.8, 4) is 16.9 Å². The molecule has 5 heteroatoms. The molecule has 1 atom stereocenters. The van der Waals surface area contributed by atoms with Crippen LogP contribution in [0.5, 0.6) is 5.75 Å². The molecular formula is C26H24N2O3. The molecule has 0 radical (unpaired) electrons. The lowest BCUT2D eigenvalue weighted by Crippen LogP contribution is -2.33. The highest BCUT2D eigenvalue weighted by molar-refractivity contribution is 5.85. The number of fused-ring (bicyclic) bond motifs is 1. The lowest BCUT2D eigenvalue weighted by atomic mass is 9.95. The van der Waals surface area contributed by atoms with E-state index in [2.05, 4.69) is 16.0 Å². The summed E-state index contributed by atoms with van der Waals surface area (Å²) in [6.07, 6.45) is 8.51. The maximum Gasteiger partial charge on any atom is 0.200 e. The molecule has 156 valence electrons. The number of aromatic nitrogens is 1. The van der Waals surface area contributed by atoms with Crippen molar-refractivity contribution >= 4 is 11.0 Å². The highest BCUT2D eigenvalue weighted by Gasteiger charge is 2.26. The van der Waals surface area contributed by atoms with Crippen molar-refractivity contribution in [3.05, 3.63) is 94.6 Å². The molecule has 3 heterocycles. The molecule has 31 heavy (non-hydrogen) atoms. The number of pyridine rings is 1. The predicted molar refractivity (Wildman–Crippen MR) is 121 cm³/mol. The first kappa shape index (κ1) is 19.5. The number of phenolic OH excluding ortho intramolecular Hbond substituents is 1. The molecular weight excluding hydrogens is 388 g/mol. The molecule has 0 amide bonds. The van der Waals surface area contributed by atoms with Gasteiger partial charge in [0.2, 0.25) is 5.43 Å². The van der Waals surface area contributed by atoms with Gasteiger partial charge >= 0.3 is 0 Å². The van der Waals surface area contributed by atoms with Crippen LogP contribution in [0.15, 0.2) is 82.5 Å². The zero-order chi connectivity index (χ0) is 21.2. The zero-order valence-electron chi connectivity index (χ0n) is 17.2. The van der Waals surface area contributed by atoms with Crippen LogP contribution in [0.4, 0.5) is 0 Å². The molecule has 5 rings (SSSR count). The van der Waals surface area contributed by atoms with Gasteiger partial charge in [0.1, 0.15) is 17.6 Å². The zero-order valence-corrected chi connectivity index (χ0v) is 17.2. The molecule has 4 aromatic rings. The number of hydrogen-bond acceptors (Lipinski definition) is 5. The van der Waals surface area contributed by atoms with E-state index >= 15 is 0 Å². The summed E-state index contributed by atoms with van der Waals surface area (Å²) in [5.74, 6) is 0.152. The minimum absolute atomic E-state index is 0.0869. The van der Waals surface area contributed by atoms with Crippen LogP contribution < -0.4 is 5.43 Å². The average molecular weight is 412 g/mol. The summed E-state index contributed by atoms with van der Waals surface area (Å²) in [6, 6.07) is 17.1. The largest absolute Gasteiger partial charge is 0.507 e. The summed E-state index contributed by atoms with van der Waals surface area (Å²) < 4.78 is 5.97. The highest BCUT2D eigenvalue weighted by Crippen LogP contribution is 2.35. The van der Waals surface area contributed by atoms with Crippen LogP contribution in [0, 0.1) is 0 Å².